The van der Waals surface area contributed by atoms with Crippen LogP contribution in [0.3, 0.4) is 0 Å². The van der Waals surface area contributed by atoms with Gasteiger partial charge in [-0.25, -0.2) is 9.78 Å². The number of anilines is 1. The van der Waals surface area contributed by atoms with Gasteiger partial charge in [-0.05, 0) is 57.5 Å². The number of hydrogen-bond donors (Lipinski definition) is 0. The molecule has 0 N–H and O–H groups in total. The molecule has 7 heteroatoms. The molecule has 1 unspecified atom stereocenters. The van der Waals surface area contributed by atoms with Gasteiger partial charge in [0.1, 0.15) is 12.4 Å². The monoisotopic (exact) mass is 442 g/mol. The second kappa shape index (κ2) is 10.6. The number of hydrogen-bond acceptors (Lipinski definition) is 7. The molecule has 0 spiro atoms. The summed E-state index contributed by atoms with van der Waals surface area (Å²) < 4.78 is 18.2. The molecule has 0 saturated heterocycles. The molecular formula is C24H30N2O4S. The third-order valence-electron chi connectivity index (χ3n) is 4.46. The highest BCUT2D eigenvalue weighted by atomic mass is 32.1. The highest BCUT2D eigenvalue weighted by molar-refractivity contribution is 7.22. The van der Waals surface area contributed by atoms with E-state index in [4.69, 9.17) is 14.2 Å². The standard InChI is InChI=1S/C24H30N2O4S/c1-16(2)29-22(23(27)30-17(3)4)18-10-12-19(13-11-18)28-15-14-26(5)24-25-20-8-6-7-9-21(20)31-24/h6-13,16-17,22H,14-15H2,1-5H3. The molecule has 0 amide bonds. The fraction of sp³-hybridized carbons (Fsp3) is 0.417. The average Bonchev–Trinajstić information content (AvgIpc) is 3.16. The van der Waals surface area contributed by atoms with Gasteiger partial charge in [0.15, 0.2) is 11.2 Å². The molecule has 3 aromatic rings. The number of rotatable bonds is 10. The molecule has 0 saturated carbocycles. The van der Waals surface area contributed by atoms with E-state index < -0.39 is 6.10 Å². The summed E-state index contributed by atoms with van der Waals surface area (Å²) in [5.41, 5.74) is 1.76. The maximum atomic E-state index is 12.4. The molecule has 1 aromatic heterocycles. The zero-order valence-corrected chi connectivity index (χ0v) is 19.5. The Hall–Kier alpha value is -2.64. The van der Waals surface area contributed by atoms with Crippen LogP contribution in [-0.4, -0.2) is 43.4 Å². The van der Waals surface area contributed by atoms with Crippen LogP contribution >= 0.6 is 11.3 Å². The van der Waals surface area contributed by atoms with E-state index in [0.717, 1.165) is 22.0 Å². The van der Waals surface area contributed by atoms with Gasteiger partial charge >= 0.3 is 5.97 Å². The summed E-state index contributed by atoms with van der Waals surface area (Å²) in [5.74, 6) is 0.358. The van der Waals surface area contributed by atoms with Gasteiger partial charge in [0, 0.05) is 7.05 Å². The Balaban J connectivity index is 1.57. The van der Waals surface area contributed by atoms with Crippen molar-refractivity contribution in [3.63, 3.8) is 0 Å². The molecule has 0 fully saturated rings. The number of para-hydroxylation sites is 1. The molecule has 3 rings (SSSR count). The predicted molar refractivity (Wildman–Crippen MR) is 125 cm³/mol. The lowest BCUT2D eigenvalue weighted by Gasteiger charge is -2.21. The van der Waals surface area contributed by atoms with Crippen LogP contribution in [0.25, 0.3) is 10.2 Å². The molecular weight excluding hydrogens is 412 g/mol. The number of thiazole rings is 1. The van der Waals surface area contributed by atoms with Gasteiger partial charge in [0.25, 0.3) is 0 Å². The maximum absolute atomic E-state index is 12.4. The molecule has 2 aromatic carbocycles. The smallest absolute Gasteiger partial charge is 0.340 e. The number of benzene rings is 2. The zero-order chi connectivity index (χ0) is 22.4. The van der Waals surface area contributed by atoms with E-state index in [1.54, 1.807) is 11.3 Å². The molecule has 1 atom stereocenters. The van der Waals surface area contributed by atoms with E-state index in [-0.39, 0.29) is 18.2 Å². The molecule has 1 heterocycles. The van der Waals surface area contributed by atoms with Crippen molar-refractivity contribution in [2.45, 2.75) is 46.0 Å². The maximum Gasteiger partial charge on any atom is 0.340 e. The number of esters is 1. The number of fused-ring (bicyclic) bond motifs is 1. The highest BCUT2D eigenvalue weighted by Crippen LogP contribution is 2.28. The van der Waals surface area contributed by atoms with Crippen LogP contribution in [-0.2, 0) is 14.3 Å². The fourth-order valence-corrected chi connectivity index (χ4v) is 3.95. The van der Waals surface area contributed by atoms with E-state index in [0.29, 0.717) is 13.2 Å². The first-order chi connectivity index (χ1) is 14.8. The Labute approximate surface area is 187 Å². The van der Waals surface area contributed by atoms with Gasteiger partial charge in [0.05, 0.1) is 29.0 Å². The summed E-state index contributed by atoms with van der Waals surface area (Å²) in [6, 6.07) is 15.5. The Morgan fingerprint density at radius 2 is 1.74 bits per heavy atom. The van der Waals surface area contributed by atoms with Crippen molar-refractivity contribution in [3.8, 4) is 5.75 Å². The Morgan fingerprint density at radius 3 is 2.39 bits per heavy atom. The first kappa shape index (κ1) is 23.0. The average molecular weight is 443 g/mol. The Kier molecular flexibility index (Phi) is 7.87. The van der Waals surface area contributed by atoms with E-state index >= 15 is 0 Å². The van der Waals surface area contributed by atoms with Crippen LogP contribution < -0.4 is 9.64 Å². The Bertz CT molecular complexity index is 952. The number of aromatic nitrogens is 1. The Morgan fingerprint density at radius 1 is 1.03 bits per heavy atom. The summed E-state index contributed by atoms with van der Waals surface area (Å²) in [6.45, 7) is 8.68. The quantitative estimate of drug-likeness (QED) is 0.401. The molecule has 0 aliphatic carbocycles. The lowest BCUT2D eigenvalue weighted by atomic mass is 10.1. The molecule has 6 nitrogen and oxygen atoms in total. The summed E-state index contributed by atoms with van der Waals surface area (Å²) in [5, 5.41) is 0.970. The summed E-state index contributed by atoms with van der Waals surface area (Å²) in [7, 11) is 2.01. The van der Waals surface area contributed by atoms with Gasteiger partial charge in [-0.15, -0.1) is 0 Å². The lowest BCUT2D eigenvalue weighted by molar-refractivity contribution is -0.164. The van der Waals surface area contributed by atoms with Gasteiger partial charge in [-0.1, -0.05) is 35.6 Å². The van der Waals surface area contributed by atoms with Crippen molar-refractivity contribution in [2.24, 2.45) is 0 Å². The minimum atomic E-state index is -0.749. The molecule has 0 bridgehead atoms. The first-order valence-electron chi connectivity index (χ1n) is 10.5. The van der Waals surface area contributed by atoms with E-state index in [2.05, 4.69) is 16.0 Å². The van der Waals surface area contributed by atoms with Gasteiger partial charge in [-0.3, -0.25) is 0 Å². The van der Waals surface area contributed by atoms with E-state index in [1.165, 1.54) is 4.70 Å². The largest absolute Gasteiger partial charge is 0.492 e. The van der Waals surface area contributed by atoms with Crippen LogP contribution in [0, 0.1) is 0 Å². The summed E-state index contributed by atoms with van der Waals surface area (Å²) >= 11 is 1.67. The number of carbonyl (C=O) groups is 1. The zero-order valence-electron chi connectivity index (χ0n) is 18.7. The van der Waals surface area contributed by atoms with E-state index in [1.807, 2.05) is 77.2 Å². The van der Waals surface area contributed by atoms with Crippen molar-refractivity contribution >= 4 is 32.7 Å². The van der Waals surface area contributed by atoms with Crippen molar-refractivity contribution in [1.82, 2.24) is 4.98 Å². The highest BCUT2D eigenvalue weighted by Gasteiger charge is 2.25. The van der Waals surface area contributed by atoms with Crippen molar-refractivity contribution in [2.75, 3.05) is 25.1 Å². The first-order valence-corrected chi connectivity index (χ1v) is 11.3. The van der Waals surface area contributed by atoms with Gasteiger partial charge in [-0.2, -0.15) is 0 Å². The second-order valence-electron chi connectivity index (χ2n) is 7.85. The lowest BCUT2D eigenvalue weighted by Crippen LogP contribution is -2.24. The summed E-state index contributed by atoms with van der Waals surface area (Å²) in [4.78, 5) is 19.2. The number of carbonyl (C=O) groups excluding carboxylic acids is 1. The van der Waals surface area contributed by atoms with Crippen molar-refractivity contribution < 1.29 is 19.0 Å². The van der Waals surface area contributed by atoms with Crippen LogP contribution in [0.1, 0.15) is 39.4 Å². The SMILES string of the molecule is CC(C)OC(=O)C(OC(C)C)c1ccc(OCCN(C)c2nc3ccccc3s2)cc1. The third kappa shape index (κ3) is 6.42. The van der Waals surface area contributed by atoms with Crippen molar-refractivity contribution in [1.29, 1.82) is 0 Å². The third-order valence-corrected chi connectivity index (χ3v) is 5.61. The molecule has 166 valence electrons. The number of nitrogens with zero attached hydrogens (tertiary/aromatic N) is 2. The normalized spacial score (nSPS) is 12.4. The number of ether oxygens (including phenoxy) is 3. The van der Waals surface area contributed by atoms with Gasteiger partial charge < -0.3 is 19.1 Å². The summed E-state index contributed by atoms with van der Waals surface area (Å²) in [6.07, 6.45) is -1.04. The predicted octanol–water partition coefficient (Wildman–Crippen LogP) is 5.23. The topological polar surface area (TPSA) is 60.9 Å². The van der Waals surface area contributed by atoms with Crippen LogP contribution in [0.15, 0.2) is 48.5 Å². The fourth-order valence-electron chi connectivity index (χ4n) is 2.99. The molecule has 0 aliphatic rings. The molecule has 31 heavy (non-hydrogen) atoms. The minimum absolute atomic E-state index is 0.0984. The minimum Gasteiger partial charge on any atom is -0.492 e. The van der Waals surface area contributed by atoms with Crippen LogP contribution in [0.2, 0.25) is 0 Å². The van der Waals surface area contributed by atoms with Crippen LogP contribution in [0.4, 0.5) is 5.13 Å². The number of likely N-dealkylation sites (N-methyl/N-ethyl adjacent to an activating group) is 1. The van der Waals surface area contributed by atoms with Crippen molar-refractivity contribution in [3.05, 3.63) is 54.1 Å². The van der Waals surface area contributed by atoms with Crippen LogP contribution in [0.5, 0.6) is 5.75 Å². The molecule has 0 radical (unpaired) electrons. The van der Waals surface area contributed by atoms with Gasteiger partial charge in [0.2, 0.25) is 0 Å². The second-order valence-corrected chi connectivity index (χ2v) is 8.86. The van der Waals surface area contributed by atoms with E-state index in [9.17, 15) is 4.79 Å². The molecule has 0 aliphatic heterocycles.